The van der Waals surface area contributed by atoms with Crippen LogP contribution in [0.15, 0.2) is 140 Å². The molecule has 0 atom stereocenters. The van der Waals surface area contributed by atoms with Crippen molar-refractivity contribution < 1.29 is 32.4 Å². The molecule has 0 saturated carbocycles. The van der Waals surface area contributed by atoms with Gasteiger partial charge in [-0.1, -0.05) is 127 Å². The normalized spacial score (nSPS) is 11.1. The monoisotopic (exact) mass is 651 g/mol. The maximum absolute atomic E-state index is 14.2. The zero-order valence-electron chi connectivity index (χ0n) is 26.3. The van der Waals surface area contributed by atoms with Gasteiger partial charge in [0, 0.05) is 13.6 Å². The van der Waals surface area contributed by atoms with Gasteiger partial charge in [0.15, 0.2) is 11.5 Å². The first kappa shape index (κ1) is 33.5. The van der Waals surface area contributed by atoms with Gasteiger partial charge in [-0.2, -0.15) is 0 Å². The Morgan fingerprint density at radius 2 is 1.04 bits per heavy atom. The van der Waals surface area contributed by atoms with Crippen molar-refractivity contribution in [1.29, 1.82) is 0 Å². The summed E-state index contributed by atoms with van der Waals surface area (Å²) in [6, 6.07) is 43.4. The number of hydrogen-bond acceptors (Lipinski definition) is 7. The smallest absolute Gasteiger partial charge is 0.485 e. The molecule has 0 aliphatic heterocycles. The van der Waals surface area contributed by atoms with E-state index in [-0.39, 0.29) is 32.2 Å². The van der Waals surface area contributed by atoms with Crippen LogP contribution in [0, 0.1) is 0 Å². The minimum Gasteiger partial charge on any atom is -0.485 e. The summed E-state index contributed by atoms with van der Waals surface area (Å²) in [6.07, 6.45) is 0.0491. The van der Waals surface area contributed by atoms with Crippen LogP contribution in [-0.4, -0.2) is 24.6 Å². The number of amides is 1. The van der Waals surface area contributed by atoms with Crippen LogP contribution in [-0.2, 0) is 51.2 Å². The Morgan fingerprint density at radius 3 is 1.55 bits per heavy atom. The fraction of sp³-hybridized carbons (Fsp3) is 0.184. The Kier molecular flexibility index (Phi) is 12.2. The van der Waals surface area contributed by atoms with E-state index >= 15 is 0 Å². The SMILES string of the molecule is CN(CCc1ccc(OCc2ccccc2)c(OP(=O)(OCc2ccccc2)OCc2ccccc2)c1)C(=O)OCc1ccccc1. The fourth-order valence-electron chi connectivity index (χ4n) is 4.52. The van der Waals surface area contributed by atoms with Gasteiger partial charge in [-0.15, -0.1) is 0 Å². The van der Waals surface area contributed by atoms with Gasteiger partial charge in [-0.05, 0) is 46.4 Å². The van der Waals surface area contributed by atoms with Crippen LogP contribution >= 0.6 is 7.82 Å². The summed E-state index contributed by atoms with van der Waals surface area (Å²) in [6.45, 7) is 0.874. The first-order valence-corrected chi connectivity index (χ1v) is 16.8. The maximum Gasteiger partial charge on any atom is 0.530 e. The molecule has 0 heterocycles. The minimum atomic E-state index is -4.17. The number of ether oxygens (including phenoxy) is 2. The fourth-order valence-corrected chi connectivity index (χ4v) is 5.70. The van der Waals surface area contributed by atoms with Gasteiger partial charge in [0.1, 0.15) is 13.2 Å². The lowest BCUT2D eigenvalue weighted by atomic mass is 10.1. The van der Waals surface area contributed by atoms with Gasteiger partial charge in [-0.25, -0.2) is 9.36 Å². The van der Waals surface area contributed by atoms with Crippen molar-refractivity contribution in [3.63, 3.8) is 0 Å². The second-order valence-corrected chi connectivity index (χ2v) is 12.4. The van der Waals surface area contributed by atoms with Crippen LogP contribution in [0.4, 0.5) is 4.79 Å². The van der Waals surface area contributed by atoms with E-state index in [1.54, 1.807) is 19.2 Å². The standard InChI is InChI=1S/C38H38NO7P/c1-39(38(40)43-28-33-16-8-3-9-17-33)25-24-31-22-23-36(42-27-32-14-6-2-7-15-32)37(26-31)46-47(41,44-29-34-18-10-4-11-19-34)45-30-35-20-12-5-13-21-35/h2-23,26H,24-25,27-30H2,1H3. The third kappa shape index (κ3) is 10.9. The van der Waals surface area contributed by atoms with Gasteiger partial charge in [0.05, 0.1) is 13.2 Å². The number of phosphoric acid groups is 1. The van der Waals surface area contributed by atoms with Crippen molar-refractivity contribution in [2.24, 2.45) is 0 Å². The van der Waals surface area contributed by atoms with E-state index in [0.29, 0.717) is 18.7 Å². The molecule has 47 heavy (non-hydrogen) atoms. The number of nitrogens with zero attached hydrogens (tertiary/aromatic N) is 1. The topological polar surface area (TPSA) is 83.5 Å². The second-order valence-electron chi connectivity index (χ2n) is 10.8. The molecular formula is C38H38NO7P. The zero-order chi connectivity index (χ0) is 32.7. The van der Waals surface area contributed by atoms with Gasteiger partial charge in [0.25, 0.3) is 0 Å². The molecule has 0 unspecified atom stereocenters. The first-order valence-electron chi connectivity index (χ1n) is 15.3. The van der Waals surface area contributed by atoms with Gasteiger partial charge < -0.3 is 18.9 Å². The molecule has 0 aliphatic carbocycles. The van der Waals surface area contributed by atoms with Gasteiger partial charge in [-0.3, -0.25) is 9.05 Å². The van der Waals surface area contributed by atoms with Crippen molar-refractivity contribution in [2.45, 2.75) is 32.8 Å². The molecule has 242 valence electrons. The van der Waals surface area contributed by atoms with Crippen molar-refractivity contribution in [2.75, 3.05) is 13.6 Å². The Hall–Kier alpha value is -4.88. The largest absolute Gasteiger partial charge is 0.530 e. The van der Waals surface area contributed by atoms with E-state index in [1.807, 2.05) is 127 Å². The lowest BCUT2D eigenvalue weighted by Gasteiger charge is -2.21. The average molecular weight is 652 g/mol. The van der Waals surface area contributed by atoms with E-state index in [1.165, 1.54) is 4.90 Å². The Labute approximate surface area is 276 Å². The molecule has 0 aliphatic rings. The van der Waals surface area contributed by atoms with E-state index in [2.05, 4.69) is 0 Å². The summed E-state index contributed by atoms with van der Waals surface area (Å²) in [5.74, 6) is 0.581. The molecule has 0 spiro atoms. The summed E-state index contributed by atoms with van der Waals surface area (Å²) in [4.78, 5) is 14.1. The van der Waals surface area contributed by atoms with E-state index in [0.717, 1.165) is 27.8 Å². The van der Waals surface area contributed by atoms with Crippen molar-refractivity contribution >= 4 is 13.9 Å². The number of benzene rings is 5. The predicted octanol–water partition coefficient (Wildman–Crippen LogP) is 9.00. The summed E-state index contributed by atoms with van der Waals surface area (Å²) >= 11 is 0. The quantitative estimate of drug-likeness (QED) is 0.0985. The minimum absolute atomic E-state index is 0.0166. The molecule has 0 N–H and O–H groups in total. The molecule has 5 rings (SSSR count). The maximum atomic E-state index is 14.2. The first-order chi connectivity index (χ1) is 23.0. The second kappa shape index (κ2) is 17.2. The molecule has 0 radical (unpaired) electrons. The molecule has 5 aromatic carbocycles. The molecule has 9 heteroatoms. The molecule has 0 fully saturated rings. The number of likely N-dealkylation sites (N-methyl/N-ethyl adjacent to an activating group) is 1. The average Bonchev–Trinajstić information content (AvgIpc) is 3.12. The Balaban J connectivity index is 1.32. The molecule has 8 nitrogen and oxygen atoms in total. The van der Waals surface area contributed by atoms with Gasteiger partial charge >= 0.3 is 13.9 Å². The number of carbonyl (C=O) groups is 1. The summed E-state index contributed by atoms with van der Waals surface area (Å²) in [5.41, 5.74) is 4.33. The van der Waals surface area contributed by atoms with Crippen LogP contribution in [0.2, 0.25) is 0 Å². The van der Waals surface area contributed by atoms with Crippen LogP contribution in [0.1, 0.15) is 27.8 Å². The van der Waals surface area contributed by atoms with Crippen LogP contribution in [0.3, 0.4) is 0 Å². The Bertz CT molecular complexity index is 1670. The summed E-state index contributed by atoms with van der Waals surface area (Å²) in [7, 11) is -2.49. The highest BCUT2D eigenvalue weighted by molar-refractivity contribution is 7.48. The van der Waals surface area contributed by atoms with Crippen LogP contribution < -0.4 is 9.26 Å². The van der Waals surface area contributed by atoms with E-state index < -0.39 is 13.9 Å². The lowest BCUT2D eigenvalue weighted by Crippen LogP contribution is -2.29. The van der Waals surface area contributed by atoms with Crippen LogP contribution in [0.25, 0.3) is 0 Å². The number of rotatable bonds is 16. The highest BCUT2D eigenvalue weighted by atomic mass is 31.2. The third-order valence-electron chi connectivity index (χ3n) is 7.17. The molecular weight excluding hydrogens is 613 g/mol. The van der Waals surface area contributed by atoms with E-state index in [4.69, 9.17) is 23.0 Å². The van der Waals surface area contributed by atoms with Crippen molar-refractivity contribution in [3.8, 4) is 11.5 Å². The summed E-state index contributed by atoms with van der Waals surface area (Å²) < 4.78 is 43.7. The molecule has 1 amide bonds. The van der Waals surface area contributed by atoms with Crippen molar-refractivity contribution in [1.82, 2.24) is 4.90 Å². The summed E-state index contributed by atoms with van der Waals surface area (Å²) in [5, 5.41) is 0. The predicted molar refractivity (Wildman–Crippen MR) is 181 cm³/mol. The lowest BCUT2D eigenvalue weighted by molar-refractivity contribution is 0.105. The van der Waals surface area contributed by atoms with E-state index in [9.17, 15) is 9.36 Å². The molecule has 5 aromatic rings. The highest BCUT2D eigenvalue weighted by Crippen LogP contribution is 2.53. The number of hydrogen-bond donors (Lipinski definition) is 0. The third-order valence-corrected chi connectivity index (χ3v) is 8.48. The zero-order valence-corrected chi connectivity index (χ0v) is 27.2. The van der Waals surface area contributed by atoms with Crippen LogP contribution in [0.5, 0.6) is 11.5 Å². The Morgan fingerprint density at radius 1 is 0.574 bits per heavy atom. The van der Waals surface area contributed by atoms with Crippen molar-refractivity contribution in [3.05, 3.63) is 167 Å². The van der Waals surface area contributed by atoms with Gasteiger partial charge in [0.2, 0.25) is 0 Å². The highest BCUT2D eigenvalue weighted by Gasteiger charge is 2.31. The molecule has 0 aromatic heterocycles. The number of phosphoric ester groups is 1. The molecule has 0 bridgehead atoms. The molecule has 0 saturated heterocycles. The number of carbonyl (C=O) groups excluding carboxylic acids is 1.